The van der Waals surface area contributed by atoms with Gasteiger partial charge in [0.15, 0.2) is 0 Å². The second-order valence-electron chi connectivity index (χ2n) is 4.68. The molecule has 0 aromatic rings. The highest BCUT2D eigenvalue weighted by Crippen LogP contribution is 2.32. The molecule has 2 aliphatic heterocycles. The van der Waals surface area contributed by atoms with E-state index in [0.29, 0.717) is 13.1 Å². The summed E-state index contributed by atoms with van der Waals surface area (Å²) in [6.45, 7) is 0.525. The molecule has 2 heterocycles. The Bertz CT molecular complexity index is 272. The lowest BCUT2D eigenvalue weighted by molar-refractivity contribution is -0.260. The highest BCUT2D eigenvalue weighted by molar-refractivity contribution is 4.98. The van der Waals surface area contributed by atoms with E-state index in [0.717, 1.165) is 12.8 Å². The normalized spacial score (nSPS) is 45.4. The van der Waals surface area contributed by atoms with Crippen molar-refractivity contribution in [1.29, 1.82) is 0 Å². The Hall–Kier alpha value is -0.280. The van der Waals surface area contributed by atoms with Crippen LogP contribution in [0.3, 0.4) is 0 Å². The third-order valence-electron chi connectivity index (χ3n) is 3.50. The van der Waals surface area contributed by atoms with Gasteiger partial charge in [-0.1, -0.05) is 0 Å². The molecule has 100 valence electrons. The number of aliphatic hydroxyl groups excluding tert-OH is 4. The lowest BCUT2D eigenvalue weighted by atomic mass is 10.0. The van der Waals surface area contributed by atoms with Crippen molar-refractivity contribution in [1.82, 2.24) is 4.90 Å². The standard InChI is InChI=1S/C10H19NO6/c12-5-10(16)8(14)6(13)7(17-10)9(15)11-3-1-2-4-11/h6-9,12-16H,1-5H2/t6-,7-,8+,9?,10?/m1/s1. The number of hydrogen-bond donors (Lipinski definition) is 5. The SMILES string of the molecule is OCC1(O)O[C@@H](C(O)N2CCCC2)[C@@H](O)[C@@H]1O. The fourth-order valence-electron chi connectivity index (χ4n) is 2.40. The molecule has 0 aliphatic carbocycles. The predicted octanol–water partition coefficient (Wildman–Crippen LogP) is -2.80. The van der Waals surface area contributed by atoms with E-state index < -0.39 is 36.9 Å². The van der Waals surface area contributed by atoms with Crippen molar-refractivity contribution in [2.45, 2.75) is 43.2 Å². The number of hydrogen-bond acceptors (Lipinski definition) is 7. The molecule has 5 atom stereocenters. The van der Waals surface area contributed by atoms with Gasteiger partial charge in [0.1, 0.15) is 24.5 Å². The summed E-state index contributed by atoms with van der Waals surface area (Å²) in [5, 5.41) is 47.9. The largest absolute Gasteiger partial charge is 0.391 e. The van der Waals surface area contributed by atoms with Crippen molar-refractivity contribution in [3.63, 3.8) is 0 Å². The maximum absolute atomic E-state index is 10.0. The number of nitrogens with zero attached hydrogens (tertiary/aromatic N) is 1. The molecule has 0 amide bonds. The van der Waals surface area contributed by atoms with Gasteiger partial charge in [-0.25, -0.2) is 0 Å². The average molecular weight is 249 g/mol. The van der Waals surface area contributed by atoms with Crippen molar-refractivity contribution in [3.05, 3.63) is 0 Å². The van der Waals surface area contributed by atoms with E-state index in [1.807, 2.05) is 0 Å². The quantitative estimate of drug-likeness (QED) is 0.367. The third kappa shape index (κ3) is 2.19. The average Bonchev–Trinajstić information content (AvgIpc) is 2.92. The summed E-state index contributed by atoms with van der Waals surface area (Å²) >= 11 is 0. The van der Waals surface area contributed by atoms with Gasteiger partial charge < -0.3 is 30.3 Å². The van der Waals surface area contributed by atoms with Crippen LogP contribution in [0.1, 0.15) is 12.8 Å². The van der Waals surface area contributed by atoms with Gasteiger partial charge in [-0.15, -0.1) is 0 Å². The zero-order valence-corrected chi connectivity index (χ0v) is 9.44. The lowest BCUT2D eigenvalue weighted by Crippen LogP contribution is -2.47. The number of rotatable bonds is 3. The summed E-state index contributed by atoms with van der Waals surface area (Å²) in [4.78, 5) is 1.71. The Morgan fingerprint density at radius 1 is 1.29 bits per heavy atom. The van der Waals surface area contributed by atoms with Gasteiger partial charge in [-0.3, -0.25) is 4.90 Å². The summed E-state index contributed by atoms with van der Waals surface area (Å²) in [5.41, 5.74) is 0. The first-order valence-electron chi connectivity index (χ1n) is 5.79. The molecule has 2 rings (SSSR count). The predicted molar refractivity (Wildman–Crippen MR) is 55.7 cm³/mol. The van der Waals surface area contributed by atoms with Gasteiger partial charge in [0.05, 0.1) is 6.61 Å². The Kier molecular flexibility index (Phi) is 3.69. The highest BCUT2D eigenvalue weighted by atomic mass is 16.7. The Morgan fingerprint density at radius 2 is 1.88 bits per heavy atom. The smallest absolute Gasteiger partial charge is 0.219 e. The maximum atomic E-state index is 10.0. The molecular formula is C10H19NO6. The number of likely N-dealkylation sites (tertiary alicyclic amines) is 1. The van der Waals surface area contributed by atoms with Crippen LogP contribution < -0.4 is 0 Å². The Labute approximate surface area is 98.9 Å². The van der Waals surface area contributed by atoms with Crippen LogP contribution in [0.5, 0.6) is 0 Å². The van der Waals surface area contributed by atoms with Crippen LogP contribution in [-0.2, 0) is 4.74 Å². The molecule has 2 fully saturated rings. The molecule has 7 heteroatoms. The van der Waals surface area contributed by atoms with Crippen LogP contribution >= 0.6 is 0 Å². The van der Waals surface area contributed by atoms with Gasteiger partial charge in [0.25, 0.3) is 0 Å². The summed E-state index contributed by atoms with van der Waals surface area (Å²) in [6.07, 6.45) is -3.38. The molecule has 0 aromatic carbocycles. The zero-order chi connectivity index (χ0) is 12.6. The van der Waals surface area contributed by atoms with Crippen molar-refractivity contribution in [2.24, 2.45) is 0 Å². The number of aliphatic hydroxyl groups is 5. The first kappa shape index (κ1) is 13.2. The van der Waals surface area contributed by atoms with E-state index >= 15 is 0 Å². The van der Waals surface area contributed by atoms with Gasteiger partial charge in [-0.05, 0) is 12.8 Å². The van der Waals surface area contributed by atoms with E-state index in [9.17, 15) is 20.4 Å². The second-order valence-corrected chi connectivity index (χ2v) is 4.68. The van der Waals surface area contributed by atoms with Crippen molar-refractivity contribution in [3.8, 4) is 0 Å². The minimum atomic E-state index is -2.20. The molecule has 5 N–H and O–H groups in total. The van der Waals surface area contributed by atoms with Crippen LogP contribution in [0.2, 0.25) is 0 Å². The molecule has 0 spiro atoms. The van der Waals surface area contributed by atoms with Crippen LogP contribution in [0.25, 0.3) is 0 Å². The zero-order valence-electron chi connectivity index (χ0n) is 9.44. The third-order valence-corrected chi connectivity index (χ3v) is 3.50. The minimum Gasteiger partial charge on any atom is -0.391 e. The summed E-state index contributed by atoms with van der Waals surface area (Å²) in [6, 6.07) is 0. The van der Waals surface area contributed by atoms with E-state index in [-0.39, 0.29) is 0 Å². The summed E-state index contributed by atoms with van der Waals surface area (Å²) in [7, 11) is 0. The van der Waals surface area contributed by atoms with Crippen molar-refractivity contribution in [2.75, 3.05) is 19.7 Å². The molecular weight excluding hydrogens is 230 g/mol. The fraction of sp³-hybridized carbons (Fsp3) is 1.00. The van der Waals surface area contributed by atoms with Gasteiger partial charge >= 0.3 is 0 Å². The highest BCUT2D eigenvalue weighted by Gasteiger charge is 2.56. The van der Waals surface area contributed by atoms with Crippen LogP contribution in [0.15, 0.2) is 0 Å². The first-order chi connectivity index (χ1) is 7.99. The summed E-state index contributed by atoms with van der Waals surface area (Å²) < 4.78 is 5.01. The monoisotopic (exact) mass is 249 g/mol. The molecule has 2 aliphatic rings. The van der Waals surface area contributed by atoms with Crippen molar-refractivity contribution < 1.29 is 30.3 Å². The minimum absolute atomic E-state index is 0.682. The molecule has 17 heavy (non-hydrogen) atoms. The van der Waals surface area contributed by atoms with Gasteiger partial charge in [0, 0.05) is 13.1 Å². The molecule has 0 aromatic heterocycles. The Balaban J connectivity index is 2.06. The summed E-state index contributed by atoms with van der Waals surface area (Å²) in [5.74, 6) is -2.20. The Morgan fingerprint density at radius 3 is 2.35 bits per heavy atom. The first-order valence-corrected chi connectivity index (χ1v) is 5.79. The van der Waals surface area contributed by atoms with E-state index in [1.54, 1.807) is 4.90 Å². The molecule has 7 nitrogen and oxygen atoms in total. The molecule has 0 radical (unpaired) electrons. The number of ether oxygens (including phenoxy) is 1. The topological polar surface area (TPSA) is 114 Å². The maximum Gasteiger partial charge on any atom is 0.219 e. The van der Waals surface area contributed by atoms with Gasteiger partial charge in [-0.2, -0.15) is 0 Å². The molecule has 0 saturated carbocycles. The van der Waals surface area contributed by atoms with Crippen LogP contribution in [0.4, 0.5) is 0 Å². The van der Waals surface area contributed by atoms with Crippen LogP contribution in [-0.4, -0.2) is 80.5 Å². The lowest BCUT2D eigenvalue weighted by Gasteiger charge is -2.29. The van der Waals surface area contributed by atoms with E-state index in [2.05, 4.69) is 0 Å². The van der Waals surface area contributed by atoms with Crippen LogP contribution in [0, 0.1) is 0 Å². The second kappa shape index (κ2) is 4.77. The van der Waals surface area contributed by atoms with Gasteiger partial charge in [0.2, 0.25) is 5.79 Å². The molecule has 0 bridgehead atoms. The van der Waals surface area contributed by atoms with E-state index in [1.165, 1.54) is 0 Å². The molecule has 2 saturated heterocycles. The fourth-order valence-corrected chi connectivity index (χ4v) is 2.40. The molecule has 2 unspecified atom stereocenters. The van der Waals surface area contributed by atoms with E-state index in [4.69, 9.17) is 9.84 Å². The van der Waals surface area contributed by atoms with Crippen molar-refractivity contribution >= 4 is 0 Å².